The third-order valence-corrected chi connectivity index (χ3v) is 3.05. The highest BCUT2D eigenvalue weighted by molar-refractivity contribution is 5.65. The molecule has 2 rings (SSSR count). The topological polar surface area (TPSA) is 64.9 Å². The fourth-order valence-corrected chi connectivity index (χ4v) is 2.21. The van der Waals surface area contributed by atoms with Gasteiger partial charge in [-0.1, -0.05) is 19.3 Å². The van der Waals surface area contributed by atoms with Gasteiger partial charge in [-0.2, -0.15) is 0 Å². The highest BCUT2D eigenvalue weighted by atomic mass is 14.8. The molecule has 1 aliphatic carbocycles. The Kier molecular flexibility index (Phi) is 2.57. The van der Waals surface area contributed by atoms with Crippen molar-refractivity contribution in [2.24, 2.45) is 0 Å². The van der Waals surface area contributed by atoms with E-state index >= 15 is 0 Å². The van der Waals surface area contributed by atoms with E-state index in [0.717, 1.165) is 5.69 Å². The molecular formula is C11H17N3. The minimum absolute atomic E-state index is 0.534. The van der Waals surface area contributed by atoms with Crippen molar-refractivity contribution in [2.75, 3.05) is 11.5 Å². The minimum Gasteiger partial charge on any atom is -0.397 e. The summed E-state index contributed by atoms with van der Waals surface area (Å²) in [5, 5.41) is 0. The van der Waals surface area contributed by atoms with Gasteiger partial charge < -0.3 is 11.5 Å². The van der Waals surface area contributed by atoms with E-state index in [4.69, 9.17) is 11.5 Å². The number of anilines is 2. The summed E-state index contributed by atoms with van der Waals surface area (Å²) in [6, 6.07) is 1.77. The van der Waals surface area contributed by atoms with Crippen LogP contribution in [0.4, 0.5) is 11.4 Å². The summed E-state index contributed by atoms with van der Waals surface area (Å²) in [6.07, 6.45) is 8.11. The van der Waals surface area contributed by atoms with Gasteiger partial charge in [0.2, 0.25) is 0 Å². The summed E-state index contributed by atoms with van der Waals surface area (Å²) in [7, 11) is 0. The second kappa shape index (κ2) is 3.86. The number of nitrogens with two attached hydrogens (primary N) is 2. The van der Waals surface area contributed by atoms with Gasteiger partial charge in [0, 0.05) is 12.1 Å². The molecule has 0 amide bonds. The van der Waals surface area contributed by atoms with Gasteiger partial charge in [0.1, 0.15) is 0 Å². The van der Waals surface area contributed by atoms with Gasteiger partial charge in [-0.05, 0) is 18.9 Å². The molecule has 76 valence electrons. The molecule has 0 aromatic carbocycles. The van der Waals surface area contributed by atoms with Gasteiger partial charge in [0.05, 0.1) is 17.1 Å². The first-order valence-corrected chi connectivity index (χ1v) is 5.29. The second-order valence-corrected chi connectivity index (χ2v) is 4.03. The van der Waals surface area contributed by atoms with E-state index in [9.17, 15) is 0 Å². The van der Waals surface area contributed by atoms with Crippen LogP contribution in [0.1, 0.15) is 43.7 Å². The average Bonchev–Trinajstić information content (AvgIpc) is 2.23. The van der Waals surface area contributed by atoms with Gasteiger partial charge in [-0.15, -0.1) is 0 Å². The minimum atomic E-state index is 0.534. The van der Waals surface area contributed by atoms with Crippen molar-refractivity contribution in [3.8, 4) is 0 Å². The van der Waals surface area contributed by atoms with Crippen LogP contribution in [0.2, 0.25) is 0 Å². The fourth-order valence-electron chi connectivity index (χ4n) is 2.21. The van der Waals surface area contributed by atoms with Crippen LogP contribution in [0.25, 0.3) is 0 Å². The Morgan fingerprint density at radius 3 is 2.57 bits per heavy atom. The van der Waals surface area contributed by atoms with Crippen molar-refractivity contribution in [3.05, 3.63) is 18.0 Å². The molecule has 3 heteroatoms. The molecule has 0 saturated heterocycles. The van der Waals surface area contributed by atoms with E-state index in [1.165, 1.54) is 32.1 Å². The Balaban J connectivity index is 2.26. The number of rotatable bonds is 1. The Bertz CT molecular complexity index is 316. The Morgan fingerprint density at radius 1 is 1.14 bits per heavy atom. The molecule has 1 heterocycles. The van der Waals surface area contributed by atoms with Crippen LogP contribution < -0.4 is 11.5 Å². The molecule has 1 aliphatic rings. The highest BCUT2D eigenvalue weighted by Crippen LogP contribution is 2.35. The molecular weight excluding hydrogens is 174 g/mol. The van der Waals surface area contributed by atoms with Crippen molar-refractivity contribution >= 4 is 11.4 Å². The summed E-state index contributed by atoms with van der Waals surface area (Å²) in [4.78, 5) is 4.36. The molecule has 0 bridgehead atoms. The van der Waals surface area contributed by atoms with Gasteiger partial charge in [-0.3, -0.25) is 4.98 Å². The van der Waals surface area contributed by atoms with Crippen LogP contribution in [-0.4, -0.2) is 4.98 Å². The zero-order valence-corrected chi connectivity index (χ0v) is 8.37. The summed E-state index contributed by atoms with van der Waals surface area (Å²) < 4.78 is 0. The van der Waals surface area contributed by atoms with Crippen molar-refractivity contribution < 1.29 is 0 Å². The number of hydrogen-bond acceptors (Lipinski definition) is 3. The maximum Gasteiger partial charge on any atom is 0.0769 e. The van der Waals surface area contributed by atoms with E-state index in [1.54, 1.807) is 12.3 Å². The first kappa shape index (κ1) is 9.31. The normalized spacial score (nSPS) is 18.3. The van der Waals surface area contributed by atoms with Crippen molar-refractivity contribution in [1.82, 2.24) is 4.98 Å². The van der Waals surface area contributed by atoms with Crippen LogP contribution in [0.5, 0.6) is 0 Å². The van der Waals surface area contributed by atoms with Crippen LogP contribution in [-0.2, 0) is 0 Å². The lowest BCUT2D eigenvalue weighted by Gasteiger charge is -2.22. The Morgan fingerprint density at radius 2 is 1.86 bits per heavy atom. The molecule has 0 radical (unpaired) electrons. The molecule has 3 nitrogen and oxygen atoms in total. The number of hydrogen-bond donors (Lipinski definition) is 2. The maximum absolute atomic E-state index is 5.93. The smallest absolute Gasteiger partial charge is 0.0769 e. The predicted molar refractivity (Wildman–Crippen MR) is 58.9 cm³/mol. The number of pyridine rings is 1. The number of nitrogens with zero attached hydrogens (tertiary/aromatic N) is 1. The lowest BCUT2D eigenvalue weighted by molar-refractivity contribution is 0.438. The standard InChI is InChI=1S/C11H17N3/c12-9-6-7-14-11(10(9)13)8-4-2-1-3-5-8/h6-8H,1-5,13H2,(H2,12,14). The lowest BCUT2D eigenvalue weighted by Crippen LogP contribution is -2.10. The van der Waals surface area contributed by atoms with Gasteiger partial charge in [0.15, 0.2) is 0 Å². The molecule has 1 aromatic heterocycles. The van der Waals surface area contributed by atoms with Crippen LogP contribution in [0.3, 0.4) is 0 Å². The number of aromatic nitrogens is 1. The van der Waals surface area contributed by atoms with Crippen LogP contribution in [0.15, 0.2) is 12.3 Å². The van der Waals surface area contributed by atoms with E-state index < -0.39 is 0 Å². The van der Waals surface area contributed by atoms with E-state index in [0.29, 0.717) is 17.3 Å². The molecule has 0 aliphatic heterocycles. The van der Waals surface area contributed by atoms with Gasteiger partial charge >= 0.3 is 0 Å². The first-order valence-electron chi connectivity index (χ1n) is 5.29. The zero-order chi connectivity index (χ0) is 9.97. The molecule has 0 atom stereocenters. The summed E-state index contributed by atoms with van der Waals surface area (Å²) in [5.74, 6) is 0.534. The SMILES string of the molecule is Nc1ccnc(C2CCCCC2)c1N. The van der Waals surface area contributed by atoms with Crippen LogP contribution >= 0.6 is 0 Å². The third-order valence-electron chi connectivity index (χ3n) is 3.05. The van der Waals surface area contributed by atoms with Crippen LogP contribution in [0, 0.1) is 0 Å². The molecule has 1 fully saturated rings. The average molecular weight is 191 g/mol. The van der Waals surface area contributed by atoms with Crippen molar-refractivity contribution in [1.29, 1.82) is 0 Å². The molecule has 1 aromatic rings. The van der Waals surface area contributed by atoms with Crippen molar-refractivity contribution in [3.63, 3.8) is 0 Å². The monoisotopic (exact) mass is 191 g/mol. The van der Waals surface area contributed by atoms with Gasteiger partial charge in [-0.25, -0.2) is 0 Å². The van der Waals surface area contributed by atoms with E-state index in [1.807, 2.05) is 0 Å². The first-order chi connectivity index (χ1) is 6.79. The summed E-state index contributed by atoms with van der Waals surface area (Å²) >= 11 is 0. The zero-order valence-electron chi connectivity index (χ0n) is 8.37. The molecule has 14 heavy (non-hydrogen) atoms. The quantitative estimate of drug-likeness (QED) is 0.715. The highest BCUT2D eigenvalue weighted by Gasteiger charge is 2.19. The second-order valence-electron chi connectivity index (χ2n) is 4.03. The van der Waals surface area contributed by atoms with Gasteiger partial charge in [0.25, 0.3) is 0 Å². The Hall–Kier alpha value is -1.25. The van der Waals surface area contributed by atoms with Crippen molar-refractivity contribution in [2.45, 2.75) is 38.0 Å². The predicted octanol–water partition coefficient (Wildman–Crippen LogP) is 2.29. The largest absolute Gasteiger partial charge is 0.397 e. The summed E-state index contributed by atoms with van der Waals surface area (Å²) in [6.45, 7) is 0. The third kappa shape index (κ3) is 1.67. The molecule has 1 saturated carbocycles. The Labute approximate surface area is 84.5 Å². The maximum atomic E-state index is 5.93. The lowest BCUT2D eigenvalue weighted by atomic mass is 9.86. The van der Waals surface area contributed by atoms with E-state index in [-0.39, 0.29) is 0 Å². The molecule has 0 spiro atoms. The molecule has 4 N–H and O–H groups in total. The number of nitrogen functional groups attached to an aromatic ring is 2. The summed E-state index contributed by atoms with van der Waals surface area (Å²) in [5.41, 5.74) is 14.1. The molecule has 0 unspecified atom stereocenters. The fraction of sp³-hybridized carbons (Fsp3) is 0.545. The van der Waals surface area contributed by atoms with E-state index in [2.05, 4.69) is 4.98 Å².